The lowest BCUT2D eigenvalue weighted by Gasteiger charge is -2.11. The molecule has 0 radical (unpaired) electrons. The Labute approximate surface area is 132 Å². The number of aromatic hydroxyl groups is 1. The van der Waals surface area contributed by atoms with Crippen molar-refractivity contribution in [2.24, 2.45) is 0 Å². The lowest BCUT2D eigenvalue weighted by Crippen LogP contribution is -2.04. The highest BCUT2D eigenvalue weighted by Crippen LogP contribution is 2.29. The largest absolute Gasteiger partial charge is 0.506 e. The van der Waals surface area contributed by atoms with Crippen LogP contribution in [0.25, 0.3) is 0 Å². The van der Waals surface area contributed by atoms with Crippen LogP contribution < -0.4 is 5.32 Å². The second-order valence-electron chi connectivity index (χ2n) is 4.29. The normalized spacial score (nSPS) is 10.2. The number of nitrogens with one attached hydrogen (secondary N) is 1. The molecule has 21 heavy (non-hydrogen) atoms. The summed E-state index contributed by atoms with van der Waals surface area (Å²) in [6.45, 7) is 0.316. The molecule has 0 amide bonds. The predicted molar refractivity (Wildman–Crippen MR) is 83.2 cm³/mol. The van der Waals surface area contributed by atoms with Gasteiger partial charge >= 0.3 is 5.97 Å². The molecule has 0 fully saturated rings. The van der Waals surface area contributed by atoms with Gasteiger partial charge in [0, 0.05) is 12.1 Å². The van der Waals surface area contributed by atoms with E-state index in [0.29, 0.717) is 28.4 Å². The summed E-state index contributed by atoms with van der Waals surface area (Å²) in [6, 6.07) is 9.86. The number of phenols is 1. The van der Waals surface area contributed by atoms with Crippen LogP contribution in [-0.4, -0.2) is 18.2 Å². The van der Waals surface area contributed by atoms with Crippen LogP contribution in [-0.2, 0) is 11.3 Å². The number of phenolic OH excluding ortho intramolecular Hbond substituents is 1. The van der Waals surface area contributed by atoms with E-state index in [2.05, 4.69) is 10.1 Å². The van der Waals surface area contributed by atoms with Crippen molar-refractivity contribution in [1.29, 1.82) is 0 Å². The van der Waals surface area contributed by atoms with Crippen molar-refractivity contribution in [2.75, 3.05) is 12.4 Å². The minimum Gasteiger partial charge on any atom is -0.506 e. The minimum absolute atomic E-state index is 0.0203. The highest BCUT2D eigenvalue weighted by molar-refractivity contribution is 6.33. The molecule has 2 aromatic carbocycles. The van der Waals surface area contributed by atoms with E-state index in [1.165, 1.54) is 7.11 Å². The van der Waals surface area contributed by atoms with E-state index in [9.17, 15) is 9.90 Å². The third-order valence-electron chi connectivity index (χ3n) is 2.93. The van der Waals surface area contributed by atoms with Gasteiger partial charge < -0.3 is 15.2 Å². The number of methoxy groups -OCH3 is 1. The van der Waals surface area contributed by atoms with Crippen molar-refractivity contribution < 1.29 is 14.6 Å². The summed E-state index contributed by atoms with van der Waals surface area (Å²) in [5, 5.41) is 13.6. The smallest absolute Gasteiger partial charge is 0.337 e. The third-order valence-corrected chi connectivity index (χ3v) is 3.56. The number of carbonyl (C=O) groups excluding carboxylic acids is 1. The predicted octanol–water partition coefficient (Wildman–Crippen LogP) is 4.10. The average Bonchev–Trinajstić information content (AvgIpc) is 2.49. The number of hydrogen-bond donors (Lipinski definition) is 2. The minimum atomic E-state index is -0.444. The Morgan fingerprint density at radius 2 is 2.00 bits per heavy atom. The molecular formula is C15H13Cl2NO3. The summed E-state index contributed by atoms with van der Waals surface area (Å²) in [7, 11) is 1.31. The number of para-hydroxylation sites is 1. The second kappa shape index (κ2) is 6.70. The Hall–Kier alpha value is -1.91. The van der Waals surface area contributed by atoms with Gasteiger partial charge in [0.05, 0.1) is 28.4 Å². The molecular weight excluding hydrogens is 313 g/mol. The monoisotopic (exact) mass is 325 g/mol. The Balaban J connectivity index is 2.19. The molecule has 4 nitrogen and oxygen atoms in total. The van der Waals surface area contributed by atoms with Crippen molar-refractivity contribution >= 4 is 34.9 Å². The van der Waals surface area contributed by atoms with Crippen LogP contribution in [0.5, 0.6) is 5.75 Å². The lowest BCUT2D eigenvalue weighted by molar-refractivity contribution is 0.0601. The molecule has 0 saturated carbocycles. The second-order valence-corrected chi connectivity index (χ2v) is 5.10. The van der Waals surface area contributed by atoms with Crippen molar-refractivity contribution in [3.8, 4) is 5.75 Å². The van der Waals surface area contributed by atoms with Crippen LogP contribution in [0, 0.1) is 0 Å². The summed E-state index contributed by atoms with van der Waals surface area (Å²) in [5.41, 5.74) is 1.58. The third kappa shape index (κ3) is 3.60. The number of esters is 1. The Morgan fingerprint density at radius 1 is 1.24 bits per heavy atom. The van der Waals surface area contributed by atoms with Gasteiger partial charge in [0.25, 0.3) is 0 Å². The van der Waals surface area contributed by atoms with E-state index in [1.807, 2.05) is 0 Å². The summed E-state index contributed by atoms with van der Waals surface area (Å²) in [6.07, 6.45) is 0. The van der Waals surface area contributed by atoms with Crippen molar-refractivity contribution in [3.05, 3.63) is 57.6 Å². The molecule has 0 atom stereocenters. The van der Waals surface area contributed by atoms with Crippen LogP contribution in [0.1, 0.15) is 15.9 Å². The molecule has 0 heterocycles. The van der Waals surface area contributed by atoms with Gasteiger partial charge in [0.15, 0.2) is 0 Å². The highest BCUT2D eigenvalue weighted by Gasteiger charge is 2.10. The molecule has 0 aliphatic carbocycles. The van der Waals surface area contributed by atoms with Gasteiger partial charge in [-0.05, 0) is 24.3 Å². The van der Waals surface area contributed by atoms with Crippen molar-refractivity contribution in [2.45, 2.75) is 6.54 Å². The zero-order valence-electron chi connectivity index (χ0n) is 11.2. The fraction of sp³-hybridized carbons (Fsp3) is 0.133. The molecule has 0 aliphatic rings. The zero-order valence-corrected chi connectivity index (χ0v) is 12.7. The van der Waals surface area contributed by atoms with Crippen molar-refractivity contribution in [1.82, 2.24) is 0 Å². The van der Waals surface area contributed by atoms with Gasteiger partial charge in [-0.25, -0.2) is 4.79 Å². The Kier molecular flexibility index (Phi) is 4.94. The number of rotatable bonds is 4. The molecule has 0 unspecified atom stereocenters. The number of ether oxygens (including phenoxy) is 1. The molecule has 0 aliphatic heterocycles. The molecule has 2 N–H and O–H groups in total. The van der Waals surface area contributed by atoms with Crippen LogP contribution in [0.2, 0.25) is 10.0 Å². The van der Waals surface area contributed by atoms with E-state index in [1.54, 1.807) is 36.4 Å². The molecule has 0 spiro atoms. The molecule has 0 saturated heterocycles. The highest BCUT2D eigenvalue weighted by atomic mass is 35.5. The van der Waals surface area contributed by atoms with Gasteiger partial charge in [0.2, 0.25) is 0 Å². The molecule has 0 bridgehead atoms. The van der Waals surface area contributed by atoms with Crippen LogP contribution >= 0.6 is 23.2 Å². The SMILES string of the molecule is COC(=O)c1ccc(Cl)c(NCc2cccc(Cl)c2O)c1. The maximum atomic E-state index is 11.5. The van der Waals surface area contributed by atoms with Crippen LogP contribution in [0.4, 0.5) is 5.69 Å². The van der Waals surface area contributed by atoms with Crippen LogP contribution in [0.15, 0.2) is 36.4 Å². The Bertz CT molecular complexity index is 674. The lowest BCUT2D eigenvalue weighted by atomic mass is 10.1. The van der Waals surface area contributed by atoms with Gasteiger partial charge in [-0.3, -0.25) is 0 Å². The summed E-state index contributed by atoms with van der Waals surface area (Å²) in [4.78, 5) is 11.5. The standard InChI is InChI=1S/C15H13Cl2NO3/c1-21-15(20)9-5-6-11(16)13(7-9)18-8-10-3-2-4-12(17)14(10)19/h2-7,18-19H,8H2,1H3. The average molecular weight is 326 g/mol. The van der Waals surface area contributed by atoms with E-state index < -0.39 is 5.97 Å². The first-order chi connectivity index (χ1) is 10.0. The fourth-order valence-electron chi connectivity index (χ4n) is 1.80. The van der Waals surface area contributed by atoms with Gasteiger partial charge in [-0.2, -0.15) is 0 Å². The number of halogens is 2. The number of benzene rings is 2. The number of anilines is 1. The fourth-order valence-corrected chi connectivity index (χ4v) is 2.18. The quantitative estimate of drug-likeness (QED) is 0.831. The van der Waals surface area contributed by atoms with Crippen molar-refractivity contribution in [3.63, 3.8) is 0 Å². The van der Waals surface area contributed by atoms with Gasteiger partial charge in [-0.1, -0.05) is 35.3 Å². The van der Waals surface area contributed by atoms with E-state index in [0.717, 1.165) is 0 Å². The zero-order chi connectivity index (χ0) is 15.4. The van der Waals surface area contributed by atoms with E-state index in [-0.39, 0.29) is 10.8 Å². The summed E-state index contributed by atoms with van der Waals surface area (Å²) in [5.74, 6) is -0.424. The number of carbonyl (C=O) groups is 1. The number of hydrogen-bond acceptors (Lipinski definition) is 4. The van der Waals surface area contributed by atoms with Gasteiger partial charge in [-0.15, -0.1) is 0 Å². The first-order valence-electron chi connectivity index (χ1n) is 6.11. The molecule has 2 aromatic rings. The molecule has 0 aromatic heterocycles. The molecule has 110 valence electrons. The maximum absolute atomic E-state index is 11.5. The molecule has 2 rings (SSSR count). The van der Waals surface area contributed by atoms with E-state index in [4.69, 9.17) is 23.2 Å². The maximum Gasteiger partial charge on any atom is 0.337 e. The summed E-state index contributed by atoms with van der Waals surface area (Å²) < 4.78 is 4.66. The first kappa shape index (κ1) is 15.5. The van der Waals surface area contributed by atoms with Gasteiger partial charge in [0.1, 0.15) is 5.75 Å². The van der Waals surface area contributed by atoms with Crippen LogP contribution in [0.3, 0.4) is 0 Å². The summed E-state index contributed by atoms with van der Waals surface area (Å²) >= 11 is 11.9. The van der Waals surface area contributed by atoms with E-state index >= 15 is 0 Å². The Morgan fingerprint density at radius 3 is 2.71 bits per heavy atom. The first-order valence-corrected chi connectivity index (χ1v) is 6.86. The topological polar surface area (TPSA) is 58.6 Å². The molecule has 6 heteroatoms.